The summed E-state index contributed by atoms with van der Waals surface area (Å²) in [4.78, 5) is 5.66. The van der Waals surface area contributed by atoms with Gasteiger partial charge in [0.2, 0.25) is 0 Å². The quantitative estimate of drug-likeness (QED) is 0.461. The molecule has 0 radical (unpaired) electrons. The Labute approximate surface area is 200 Å². The van der Waals surface area contributed by atoms with Gasteiger partial charge in [0.1, 0.15) is 11.9 Å². The van der Waals surface area contributed by atoms with Gasteiger partial charge in [-0.2, -0.15) is 0 Å². The summed E-state index contributed by atoms with van der Waals surface area (Å²) in [7, 11) is 0. The Kier molecular flexibility index (Phi) is 5.41. The van der Waals surface area contributed by atoms with E-state index in [0.29, 0.717) is 24.8 Å². The third-order valence-electron chi connectivity index (χ3n) is 7.68. The van der Waals surface area contributed by atoms with Crippen LogP contribution in [-0.2, 0) is 13.0 Å². The Hall–Kier alpha value is -3.11. The first kappa shape index (κ1) is 21.4. The molecule has 1 atom stereocenters. The van der Waals surface area contributed by atoms with Crippen LogP contribution in [0.15, 0.2) is 71.8 Å². The highest BCUT2D eigenvalue weighted by Gasteiger charge is 2.27. The number of benzene rings is 2. The molecule has 0 spiro atoms. The van der Waals surface area contributed by atoms with Gasteiger partial charge in [-0.1, -0.05) is 41.5 Å². The molecule has 4 heteroatoms. The van der Waals surface area contributed by atoms with Crippen LogP contribution in [0.5, 0.6) is 5.75 Å². The molecule has 2 aliphatic carbocycles. The van der Waals surface area contributed by atoms with E-state index >= 15 is 0 Å². The van der Waals surface area contributed by atoms with Crippen LogP contribution in [0.25, 0.3) is 16.5 Å². The number of rotatable bonds is 4. The number of nitrogens with zero attached hydrogens (tertiary/aromatic N) is 1. The summed E-state index contributed by atoms with van der Waals surface area (Å²) in [6, 6.07) is 14.8. The number of fused-ring (bicyclic) bond motifs is 2. The summed E-state index contributed by atoms with van der Waals surface area (Å²) < 4.78 is 13.2. The number of phenols is 1. The second kappa shape index (κ2) is 8.59. The fourth-order valence-electron chi connectivity index (χ4n) is 5.95. The van der Waals surface area contributed by atoms with Gasteiger partial charge in [0.25, 0.3) is 0 Å². The molecule has 174 valence electrons. The number of alkyl halides is 1. The molecule has 3 aliphatic rings. The van der Waals surface area contributed by atoms with Gasteiger partial charge in [-0.3, -0.25) is 4.90 Å². The van der Waals surface area contributed by atoms with E-state index in [4.69, 9.17) is 0 Å². The molecule has 0 saturated carbocycles. The van der Waals surface area contributed by atoms with Crippen molar-refractivity contribution in [1.29, 1.82) is 0 Å². The molecule has 1 saturated heterocycles. The Bertz CT molecular complexity index is 1340. The average molecular weight is 455 g/mol. The number of hydrogen-bond acceptors (Lipinski definition) is 2. The smallest absolute Gasteiger partial charge is 0.125 e. The second-order valence-corrected chi connectivity index (χ2v) is 10.1. The number of likely N-dealkylation sites (tertiary alicyclic amines) is 1. The van der Waals surface area contributed by atoms with Crippen molar-refractivity contribution in [1.82, 2.24) is 9.88 Å². The Balaban J connectivity index is 1.47. The lowest BCUT2D eigenvalue weighted by Crippen LogP contribution is -2.47. The summed E-state index contributed by atoms with van der Waals surface area (Å²) >= 11 is 0. The molecule has 1 aliphatic heterocycles. The van der Waals surface area contributed by atoms with Crippen molar-refractivity contribution < 1.29 is 9.50 Å². The molecule has 2 aromatic carbocycles. The highest BCUT2D eigenvalue weighted by molar-refractivity contribution is 5.91. The topological polar surface area (TPSA) is 39.3 Å². The van der Waals surface area contributed by atoms with Gasteiger partial charge >= 0.3 is 0 Å². The first-order valence-electron chi connectivity index (χ1n) is 12.4. The number of hydrogen-bond donors (Lipinski definition) is 2. The summed E-state index contributed by atoms with van der Waals surface area (Å²) in [5, 5.41) is 11.4. The lowest BCUT2D eigenvalue weighted by atomic mass is 9.79. The maximum atomic E-state index is 13.2. The van der Waals surface area contributed by atoms with Crippen molar-refractivity contribution >= 4 is 16.5 Å². The monoisotopic (exact) mass is 454 g/mol. The molecule has 34 heavy (non-hydrogen) atoms. The first-order valence-corrected chi connectivity index (χ1v) is 12.4. The standard InChI is InChI=1S/C30H31FN2O/c1-19-5-2-3-7-26(19)28-8-4-6-20-15-25(34)10-11-27(20)30(28)21-9-12-29-22(13-21)14-24(32-29)18-33-16-23(31)17-33/h2-3,5,9-15,23,26,32,34H,4,6-8,16-18H2,1H3. The molecule has 2 heterocycles. The van der Waals surface area contributed by atoms with Crippen molar-refractivity contribution in [3.63, 3.8) is 0 Å². The fraction of sp³-hybridized carbons (Fsp3) is 0.333. The van der Waals surface area contributed by atoms with Crippen LogP contribution < -0.4 is 0 Å². The van der Waals surface area contributed by atoms with E-state index in [1.807, 2.05) is 12.1 Å². The number of H-pyrrole nitrogens is 1. The van der Waals surface area contributed by atoms with Crippen LogP contribution in [-0.4, -0.2) is 34.3 Å². The minimum Gasteiger partial charge on any atom is -0.508 e. The normalized spacial score (nSPS) is 21.4. The van der Waals surface area contributed by atoms with Crippen molar-refractivity contribution in [2.45, 2.75) is 45.3 Å². The predicted octanol–water partition coefficient (Wildman–Crippen LogP) is 6.69. The van der Waals surface area contributed by atoms with Crippen LogP contribution in [0, 0.1) is 5.92 Å². The number of nitrogens with one attached hydrogen (secondary N) is 1. The zero-order valence-corrected chi connectivity index (χ0v) is 19.7. The van der Waals surface area contributed by atoms with Gasteiger partial charge in [-0.15, -0.1) is 0 Å². The Morgan fingerprint density at radius 3 is 2.79 bits per heavy atom. The maximum Gasteiger partial charge on any atom is 0.125 e. The van der Waals surface area contributed by atoms with E-state index < -0.39 is 6.17 Å². The fourth-order valence-corrected chi connectivity index (χ4v) is 5.95. The molecule has 0 amide bonds. The molecule has 3 aromatic rings. The van der Waals surface area contributed by atoms with E-state index in [2.05, 4.69) is 65.4 Å². The molecule has 1 fully saturated rings. The van der Waals surface area contributed by atoms with Gasteiger partial charge in [0.05, 0.1) is 0 Å². The molecule has 2 N–H and O–H groups in total. The zero-order valence-electron chi connectivity index (χ0n) is 19.7. The van der Waals surface area contributed by atoms with E-state index in [-0.39, 0.29) is 0 Å². The van der Waals surface area contributed by atoms with E-state index in [1.165, 1.54) is 38.8 Å². The number of allylic oxidation sites excluding steroid dienone is 5. The highest BCUT2D eigenvalue weighted by atomic mass is 19.1. The lowest BCUT2D eigenvalue weighted by Gasteiger charge is -2.33. The van der Waals surface area contributed by atoms with Gasteiger partial charge in [0, 0.05) is 42.1 Å². The molecule has 3 nitrogen and oxygen atoms in total. The van der Waals surface area contributed by atoms with Crippen LogP contribution in [0.2, 0.25) is 0 Å². The number of aromatic nitrogens is 1. The van der Waals surface area contributed by atoms with Crippen LogP contribution in [0.1, 0.15) is 48.6 Å². The lowest BCUT2D eigenvalue weighted by molar-refractivity contribution is 0.0582. The van der Waals surface area contributed by atoms with Crippen molar-refractivity contribution in [3.8, 4) is 5.75 Å². The van der Waals surface area contributed by atoms with Crippen molar-refractivity contribution in [2.24, 2.45) is 5.92 Å². The number of aromatic hydroxyl groups is 1. The zero-order chi connectivity index (χ0) is 23.2. The van der Waals surface area contributed by atoms with E-state index in [0.717, 1.165) is 43.4 Å². The van der Waals surface area contributed by atoms with E-state index in [1.54, 1.807) is 0 Å². The Morgan fingerprint density at radius 2 is 1.97 bits per heavy atom. The molecule has 0 bridgehead atoms. The number of aryl methyl sites for hydroxylation is 1. The van der Waals surface area contributed by atoms with Gasteiger partial charge < -0.3 is 10.1 Å². The molecule has 1 aromatic heterocycles. The van der Waals surface area contributed by atoms with Crippen molar-refractivity contribution in [3.05, 3.63) is 94.2 Å². The Morgan fingerprint density at radius 1 is 1.09 bits per heavy atom. The van der Waals surface area contributed by atoms with Gasteiger partial charge in [0.15, 0.2) is 0 Å². The third-order valence-corrected chi connectivity index (χ3v) is 7.68. The summed E-state index contributed by atoms with van der Waals surface area (Å²) in [6.07, 6.45) is 10.2. The summed E-state index contributed by atoms with van der Waals surface area (Å²) in [5.41, 5.74) is 10.2. The largest absolute Gasteiger partial charge is 0.508 e. The van der Waals surface area contributed by atoms with Crippen LogP contribution in [0.4, 0.5) is 4.39 Å². The minimum absolute atomic E-state index is 0.338. The molecular weight excluding hydrogens is 423 g/mol. The minimum atomic E-state index is -0.678. The number of halogens is 1. The van der Waals surface area contributed by atoms with Crippen molar-refractivity contribution in [2.75, 3.05) is 13.1 Å². The number of aromatic amines is 1. The predicted molar refractivity (Wildman–Crippen MR) is 137 cm³/mol. The van der Waals surface area contributed by atoms with Crippen LogP contribution in [0.3, 0.4) is 0 Å². The SMILES string of the molecule is CC1=CC=CCC1C1=C(c2ccc3[nH]c(CN4CC(F)C4)cc3c2)c2ccc(O)cc2CCC1. The molecule has 6 rings (SSSR count). The van der Waals surface area contributed by atoms with E-state index in [9.17, 15) is 9.50 Å². The van der Waals surface area contributed by atoms with Crippen LogP contribution >= 0.6 is 0 Å². The molecular formula is C30H31FN2O. The number of phenolic OH excluding ortho intramolecular Hbond substituents is 1. The average Bonchev–Trinajstić information content (AvgIpc) is 3.11. The second-order valence-electron chi connectivity index (χ2n) is 10.1. The summed E-state index contributed by atoms with van der Waals surface area (Å²) in [5.74, 6) is 0.753. The molecule has 1 unspecified atom stereocenters. The maximum absolute atomic E-state index is 13.2. The first-order chi connectivity index (χ1) is 16.5. The summed E-state index contributed by atoms with van der Waals surface area (Å²) in [6.45, 7) is 4.08. The third kappa shape index (κ3) is 3.90. The highest BCUT2D eigenvalue weighted by Crippen LogP contribution is 2.43. The van der Waals surface area contributed by atoms with Gasteiger partial charge in [-0.05, 0) is 85.2 Å². The van der Waals surface area contributed by atoms with Gasteiger partial charge in [-0.25, -0.2) is 4.39 Å².